The Labute approximate surface area is 117 Å². The minimum atomic E-state index is -2.15. The Bertz CT molecular complexity index is 155. The van der Waals surface area contributed by atoms with Crippen molar-refractivity contribution in [2.24, 2.45) is 0 Å². The first-order valence-corrected chi connectivity index (χ1v) is 3.50. The molecule has 1 aliphatic rings. The maximum atomic E-state index is 12.6. The summed E-state index contributed by atoms with van der Waals surface area (Å²) in [5, 5.41) is 37.1. The number of aliphatic hydroxyl groups excluding tert-OH is 3. The molecule has 0 spiro atoms. The third-order valence-corrected chi connectivity index (χ3v) is 1.81. The summed E-state index contributed by atoms with van der Waals surface area (Å²) in [5.41, 5.74) is 0. The van der Waals surface area contributed by atoms with Crippen LogP contribution in [0.5, 0.6) is 0 Å². The molecule has 13 heavy (non-hydrogen) atoms. The molecule has 0 aromatic carbocycles. The SMILES string of the molecule is [K+].[O-]C1OC(CO)C(O)C(O)C1F. The zero-order chi connectivity index (χ0) is 9.30. The monoisotopic (exact) mass is 220 g/mol. The van der Waals surface area contributed by atoms with Crippen LogP contribution in [0.4, 0.5) is 4.39 Å². The molecule has 1 aliphatic heterocycles. The Morgan fingerprint density at radius 2 is 1.85 bits per heavy atom. The van der Waals surface area contributed by atoms with Gasteiger partial charge in [0.2, 0.25) is 0 Å². The van der Waals surface area contributed by atoms with Crippen molar-refractivity contribution in [3.8, 4) is 0 Å². The van der Waals surface area contributed by atoms with Crippen LogP contribution in [0.2, 0.25) is 0 Å². The van der Waals surface area contributed by atoms with Crippen LogP contribution in [0, 0.1) is 0 Å². The summed E-state index contributed by atoms with van der Waals surface area (Å²) >= 11 is 0. The summed E-state index contributed by atoms with van der Waals surface area (Å²) in [5.74, 6) is 0. The van der Waals surface area contributed by atoms with E-state index in [9.17, 15) is 9.50 Å². The molecule has 5 atom stereocenters. The van der Waals surface area contributed by atoms with Gasteiger partial charge in [-0.2, -0.15) is 0 Å². The summed E-state index contributed by atoms with van der Waals surface area (Å²) in [6, 6.07) is 0. The average Bonchev–Trinajstić information content (AvgIpc) is 2.08. The Morgan fingerprint density at radius 3 is 2.31 bits per heavy atom. The largest absolute Gasteiger partial charge is 1.00 e. The van der Waals surface area contributed by atoms with Gasteiger partial charge in [-0.25, -0.2) is 4.39 Å². The third-order valence-electron chi connectivity index (χ3n) is 1.81. The van der Waals surface area contributed by atoms with Crippen LogP contribution < -0.4 is 56.5 Å². The predicted octanol–water partition coefficient (Wildman–Crippen LogP) is -5.87. The van der Waals surface area contributed by atoms with E-state index >= 15 is 0 Å². The fraction of sp³-hybridized carbons (Fsp3) is 1.00. The maximum Gasteiger partial charge on any atom is 1.00 e. The molecule has 0 amide bonds. The summed E-state index contributed by atoms with van der Waals surface area (Å²) in [6.45, 7) is -0.621. The number of aliphatic hydroxyl groups is 3. The molecular weight excluding hydrogens is 210 g/mol. The predicted molar refractivity (Wildman–Crippen MR) is 32.7 cm³/mol. The van der Waals surface area contributed by atoms with Gasteiger partial charge in [-0.3, -0.25) is 0 Å². The third kappa shape index (κ3) is 3.16. The number of hydrogen-bond acceptors (Lipinski definition) is 5. The minimum absolute atomic E-state index is 0. The molecule has 0 radical (unpaired) electrons. The molecule has 0 aromatic heterocycles. The van der Waals surface area contributed by atoms with Gasteiger partial charge in [0.05, 0.1) is 6.61 Å². The number of halogens is 1. The van der Waals surface area contributed by atoms with Crippen molar-refractivity contribution in [1.82, 2.24) is 0 Å². The molecule has 0 aliphatic carbocycles. The normalized spacial score (nSPS) is 45.5. The van der Waals surface area contributed by atoms with Crippen molar-refractivity contribution < 1.29 is 80.9 Å². The molecule has 5 nitrogen and oxygen atoms in total. The van der Waals surface area contributed by atoms with Gasteiger partial charge >= 0.3 is 51.4 Å². The number of alkyl halides is 1. The molecule has 1 rings (SSSR count). The molecule has 0 aromatic rings. The van der Waals surface area contributed by atoms with Crippen molar-refractivity contribution in [1.29, 1.82) is 0 Å². The van der Waals surface area contributed by atoms with Gasteiger partial charge in [0.25, 0.3) is 0 Å². The fourth-order valence-corrected chi connectivity index (χ4v) is 1.05. The van der Waals surface area contributed by atoms with E-state index in [1.165, 1.54) is 0 Å². The van der Waals surface area contributed by atoms with Gasteiger partial charge in [0.1, 0.15) is 24.5 Å². The van der Waals surface area contributed by atoms with Crippen LogP contribution >= 0.6 is 0 Å². The van der Waals surface area contributed by atoms with Gasteiger partial charge in [-0.1, -0.05) is 0 Å². The van der Waals surface area contributed by atoms with Crippen molar-refractivity contribution in [2.75, 3.05) is 6.61 Å². The van der Waals surface area contributed by atoms with Crippen LogP contribution in [0.1, 0.15) is 0 Å². The summed E-state index contributed by atoms with van der Waals surface area (Å²) in [6.07, 6.45) is -8.72. The average molecular weight is 220 g/mol. The Morgan fingerprint density at radius 1 is 1.31 bits per heavy atom. The zero-order valence-corrected chi connectivity index (χ0v) is 10.3. The summed E-state index contributed by atoms with van der Waals surface area (Å²) in [7, 11) is 0. The van der Waals surface area contributed by atoms with Crippen molar-refractivity contribution in [2.45, 2.75) is 30.8 Å². The molecule has 72 valence electrons. The maximum absolute atomic E-state index is 12.6. The summed E-state index contributed by atoms with van der Waals surface area (Å²) in [4.78, 5) is 0. The second-order valence-corrected chi connectivity index (χ2v) is 2.65. The van der Waals surface area contributed by atoms with E-state index in [0.717, 1.165) is 0 Å². The Balaban J connectivity index is 0.00000144. The molecule has 1 fully saturated rings. The Hall–Kier alpha value is 1.37. The van der Waals surface area contributed by atoms with E-state index in [4.69, 9.17) is 15.3 Å². The smallest absolute Gasteiger partial charge is 0.829 e. The molecule has 3 N–H and O–H groups in total. The zero-order valence-electron chi connectivity index (χ0n) is 7.13. The first kappa shape index (κ1) is 14.4. The van der Waals surface area contributed by atoms with Gasteiger partial charge in [-0.15, -0.1) is 0 Å². The van der Waals surface area contributed by atoms with Crippen LogP contribution in [0.25, 0.3) is 0 Å². The number of hydrogen-bond donors (Lipinski definition) is 3. The molecular formula is C6H10FKO5. The van der Waals surface area contributed by atoms with E-state index < -0.39 is 37.4 Å². The van der Waals surface area contributed by atoms with E-state index in [0.29, 0.717) is 0 Å². The second-order valence-electron chi connectivity index (χ2n) is 2.65. The van der Waals surface area contributed by atoms with Crippen LogP contribution in [0.3, 0.4) is 0 Å². The van der Waals surface area contributed by atoms with Gasteiger partial charge in [0, 0.05) is 6.29 Å². The van der Waals surface area contributed by atoms with Crippen LogP contribution in [-0.2, 0) is 4.74 Å². The van der Waals surface area contributed by atoms with Crippen molar-refractivity contribution in [3.63, 3.8) is 0 Å². The van der Waals surface area contributed by atoms with Crippen LogP contribution in [0.15, 0.2) is 0 Å². The van der Waals surface area contributed by atoms with Crippen LogP contribution in [-0.4, -0.2) is 52.7 Å². The molecule has 5 unspecified atom stereocenters. The van der Waals surface area contributed by atoms with E-state index in [1.54, 1.807) is 0 Å². The van der Waals surface area contributed by atoms with E-state index in [-0.39, 0.29) is 51.4 Å². The van der Waals surface area contributed by atoms with Gasteiger partial charge < -0.3 is 25.2 Å². The van der Waals surface area contributed by atoms with Crippen molar-refractivity contribution >= 4 is 0 Å². The van der Waals surface area contributed by atoms with Gasteiger partial charge in [-0.05, 0) is 0 Å². The fourth-order valence-electron chi connectivity index (χ4n) is 1.05. The summed E-state index contributed by atoms with van der Waals surface area (Å²) < 4.78 is 16.9. The molecule has 1 heterocycles. The molecule has 0 saturated carbocycles. The van der Waals surface area contributed by atoms with E-state index in [1.807, 2.05) is 0 Å². The molecule has 0 bridgehead atoms. The molecule has 1 saturated heterocycles. The topological polar surface area (TPSA) is 93.0 Å². The van der Waals surface area contributed by atoms with E-state index in [2.05, 4.69) is 4.74 Å². The minimum Gasteiger partial charge on any atom is -0.829 e. The Kier molecular flexibility index (Phi) is 6.70. The number of rotatable bonds is 1. The van der Waals surface area contributed by atoms with Crippen molar-refractivity contribution in [3.05, 3.63) is 0 Å². The quantitative estimate of drug-likeness (QED) is 0.383. The second kappa shape index (κ2) is 6.06. The first-order valence-electron chi connectivity index (χ1n) is 3.50. The standard InChI is InChI=1S/C6H10FO5.K/c7-3-5(10)4(9)2(1-8)12-6(3)11;/h2-6,8-10H,1H2;/q-1;+1. The first-order chi connectivity index (χ1) is 5.57. The van der Waals surface area contributed by atoms with Gasteiger partial charge in [0.15, 0.2) is 0 Å². The molecule has 7 heteroatoms. The number of ether oxygens (including phenoxy) is 1.